The van der Waals surface area contributed by atoms with Gasteiger partial charge in [0, 0.05) is 38.8 Å². The van der Waals surface area contributed by atoms with E-state index in [1.54, 1.807) is 24.5 Å². The molecule has 6 rings (SSSR count). The molecule has 0 radical (unpaired) electrons. The van der Waals surface area contributed by atoms with Crippen molar-refractivity contribution >= 4 is 57.5 Å². The largest absolute Gasteiger partial charge is 0.490 e. The molecule has 1 aliphatic rings. The van der Waals surface area contributed by atoms with Gasteiger partial charge in [0.25, 0.3) is 5.56 Å². The van der Waals surface area contributed by atoms with Gasteiger partial charge in [-0.2, -0.15) is 0 Å². The second-order valence-electron chi connectivity index (χ2n) is 11.2. The molecule has 1 unspecified atom stereocenters. The minimum Gasteiger partial charge on any atom is -0.490 e. The van der Waals surface area contributed by atoms with E-state index in [1.165, 1.54) is 11.3 Å². The first-order valence-corrected chi connectivity index (χ1v) is 17.3. The average Bonchev–Trinajstić information content (AvgIpc) is 3.51. The van der Waals surface area contributed by atoms with Crippen molar-refractivity contribution in [1.29, 1.82) is 0 Å². The van der Waals surface area contributed by atoms with Crippen LogP contribution >= 0.6 is 34.5 Å². The lowest BCUT2D eigenvalue weighted by Gasteiger charge is -2.25. The first kappa shape index (κ1) is 33.6. The van der Waals surface area contributed by atoms with Crippen molar-refractivity contribution in [3.8, 4) is 11.5 Å². The Morgan fingerprint density at radius 3 is 2.44 bits per heavy atom. The molecule has 48 heavy (non-hydrogen) atoms. The van der Waals surface area contributed by atoms with Gasteiger partial charge in [0.15, 0.2) is 16.3 Å². The number of esters is 1. The Balaban J connectivity index is 1.54. The minimum absolute atomic E-state index is 0.185. The van der Waals surface area contributed by atoms with E-state index < -0.39 is 12.0 Å². The molecule has 0 amide bonds. The van der Waals surface area contributed by atoms with Crippen molar-refractivity contribution in [3.05, 3.63) is 124 Å². The summed E-state index contributed by atoms with van der Waals surface area (Å²) in [5.41, 5.74) is 5.04. The highest BCUT2D eigenvalue weighted by molar-refractivity contribution is 7.07. The quantitative estimate of drug-likeness (QED) is 0.144. The number of para-hydroxylation sites is 1. The van der Waals surface area contributed by atoms with Crippen LogP contribution in [0.1, 0.15) is 56.1 Å². The van der Waals surface area contributed by atoms with E-state index in [9.17, 15) is 9.59 Å². The molecule has 0 N–H and O–H groups in total. The number of benzene rings is 3. The standard InChI is InChI=1S/C37H35Cl2N3O5S/c1-6-45-30-16-14-23(17-31(30)46-7-2)34-33(36(44)47-8-3)21(4)40-37-42(34)35(43)32(48-37)19-27-22(5)41(29-12-10-9-11-26(27)29)20-24-13-15-25(38)18-28(24)39/h9-19,34H,6-8,20H2,1-5H3. The topological polar surface area (TPSA) is 84.1 Å². The lowest BCUT2D eigenvalue weighted by atomic mass is 9.95. The van der Waals surface area contributed by atoms with Crippen LogP contribution in [0, 0.1) is 6.92 Å². The number of nitrogens with zero attached hydrogens (tertiary/aromatic N) is 3. The molecule has 8 nitrogen and oxygen atoms in total. The normalized spacial score (nSPS) is 14.6. The Kier molecular flexibility index (Phi) is 9.83. The number of carbonyl (C=O) groups excluding carboxylic acids is 1. The molecule has 3 heterocycles. The van der Waals surface area contributed by atoms with Crippen LogP contribution in [-0.4, -0.2) is 34.9 Å². The van der Waals surface area contributed by atoms with Crippen molar-refractivity contribution in [2.24, 2.45) is 4.99 Å². The van der Waals surface area contributed by atoms with E-state index in [2.05, 4.69) is 10.6 Å². The van der Waals surface area contributed by atoms with Gasteiger partial charge in [-0.25, -0.2) is 9.79 Å². The molecule has 0 aliphatic carbocycles. The summed E-state index contributed by atoms with van der Waals surface area (Å²) < 4.78 is 21.5. The van der Waals surface area contributed by atoms with Gasteiger partial charge >= 0.3 is 5.97 Å². The number of carbonyl (C=O) groups is 1. The summed E-state index contributed by atoms with van der Waals surface area (Å²) in [4.78, 5) is 33.1. The van der Waals surface area contributed by atoms with Gasteiger partial charge in [0.05, 0.1) is 41.7 Å². The first-order chi connectivity index (χ1) is 23.2. The molecule has 0 fully saturated rings. The van der Waals surface area contributed by atoms with Crippen molar-refractivity contribution in [2.75, 3.05) is 19.8 Å². The monoisotopic (exact) mass is 703 g/mol. The summed E-state index contributed by atoms with van der Waals surface area (Å²) in [5.74, 6) is 0.589. The molecule has 0 saturated heterocycles. The maximum atomic E-state index is 14.5. The van der Waals surface area contributed by atoms with Gasteiger partial charge in [-0.3, -0.25) is 9.36 Å². The molecular weight excluding hydrogens is 669 g/mol. The fourth-order valence-corrected chi connectivity index (χ4v) is 7.64. The molecule has 3 aromatic carbocycles. The number of allylic oxidation sites excluding steroid dienone is 1. The SMILES string of the molecule is CCOC(=O)C1=C(C)N=c2sc(=Cc3c(C)n(Cc4ccc(Cl)cc4Cl)c4ccccc34)c(=O)n2C1c1ccc(OCC)c(OCC)c1. The molecular formula is C37H35Cl2N3O5S. The summed E-state index contributed by atoms with van der Waals surface area (Å²) >= 11 is 14.0. The minimum atomic E-state index is -0.785. The molecule has 1 atom stereocenters. The highest BCUT2D eigenvalue weighted by atomic mass is 35.5. The zero-order valence-electron chi connectivity index (χ0n) is 27.3. The molecule has 2 aromatic heterocycles. The Morgan fingerprint density at radius 2 is 1.71 bits per heavy atom. The summed E-state index contributed by atoms with van der Waals surface area (Å²) in [7, 11) is 0. The van der Waals surface area contributed by atoms with Crippen LogP contribution in [-0.2, 0) is 16.1 Å². The Bertz CT molecular complexity index is 2270. The van der Waals surface area contributed by atoms with Gasteiger partial charge in [-0.15, -0.1) is 0 Å². The number of fused-ring (bicyclic) bond motifs is 2. The van der Waals surface area contributed by atoms with Crippen LogP contribution in [0.15, 0.2) is 81.7 Å². The summed E-state index contributed by atoms with van der Waals surface area (Å²) in [6, 6.07) is 18.3. The third-order valence-electron chi connectivity index (χ3n) is 8.30. The Hall–Kier alpha value is -4.31. The average molecular weight is 705 g/mol. The van der Waals surface area contributed by atoms with E-state index in [4.69, 9.17) is 42.4 Å². The van der Waals surface area contributed by atoms with Crippen LogP contribution in [0.5, 0.6) is 11.5 Å². The lowest BCUT2D eigenvalue weighted by molar-refractivity contribution is -0.139. The molecule has 1 aliphatic heterocycles. The van der Waals surface area contributed by atoms with Crippen LogP contribution in [0.3, 0.4) is 0 Å². The summed E-state index contributed by atoms with van der Waals surface area (Å²) in [6.45, 7) is 10.9. The number of rotatable bonds is 10. The number of hydrogen-bond acceptors (Lipinski definition) is 7. The van der Waals surface area contributed by atoms with Gasteiger partial charge in [0.1, 0.15) is 0 Å². The second kappa shape index (κ2) is 14.0. The molecule has 0 bridgehead atoms. The maximum absolute atomic E-state index is 14.5. The van der Waals surface area contributed by atoms with Crippen molar-refractivity contribution in [2.45, 2.75) is 47.2 Å². The van der Waals surface area contributed by atoms with E-state index in [-0.39, 0.29) is 12.2 Å². The summed E-state index contributed by atoms with van der Waals surface area (Å²) in [6.07, 6.45) is 1.92. The zero-order chi connectivity index (χ0) is 34.1. The Labute approximate surface area is 292 Å². The fraction of sp³-hybridized carbons (Fsp3) is 0.270. The van der Waals surface area contributed by atoms with E-state index in [1.807, 2.05) is 75.4 Å². The first-order valence-electron chi connectivity index (χ1n) is 15.8. The Morgan fingerprint density at radius 1 is 0.958 bits per heavy atom. The number of aromatic nitrogens is 2. The molecule has 5 aromatic rings. The molecule has 248 valence electrons. The highest BCUT2D eigenvalue weighted by Gasteiger charge is 2.34. The third kappa shape index (κ3) is 6.18. The number of halogens is 2. The maximum Gasteiger partial charge on any atom is 0.338 e. The van der Waals surface area contributed by atoms with Gasteiger partial charge < -0.3 is 18.8 Å². The second-order valence-corrected chi connectivity index (χ2v) is 13.1. The van der Waals surface area contributed by atoms with Crippen LogP contribution in [0.4, 0.5) is 0 Å². The number of thiazole rings is 1. The zero-order valence-corrected chi connectivity index (χ0v) is 29.6. The molecule has 0 spiro atoms. The smallest absolute Gasteiger partial charge is 0.338 e. The van der Waals surface area contributed by atoms with Gasteiger partial charge in [-0.1, -0.05) is 64.9 Å². The summed E-state index contributed by atoms with van der Waals surface area (Å²) in [5, 5.41) is 2.16. The predicted octanol–water partition coefficient (Wildman–Crippen LogP) is 7.21. The highest BCUT2D eigenvalue weighted by Crippen LogP contribution is 2.37. The van der Waals surface area contributed by atoms with Crippen molar-refractivity contribution in [1.82, 2.24) is 9.13 Å². The van der Waals surface area contributed by atoms with Crippen molar-refractivity contribution in [3.63, 3.8) is 0 Å². The van der Waals surface area contributed by atoms with E-state index in [0.717, 1.165) is 27.7 Å². The molecule has 11 heteroatoms. The van der Waals surface area contributed by atoms with Gasteiger partial charge in [-0.05, 0) is 82.2 Å². The molecule has 0 saturated carbocycles. The van der Waals surface area contributed by atoms with Gasteiger partial charge in [0.2, 0.25) is 0 Å². The van der Waals surface area contributed by atoms with Crippen LogP contribution in [0.25, 0.3) is 17.0 Å². The number of ether oxygens (including phenoxy) is 3. The lowest BCUT2D eigenvalue weighted by Crippen LogP contribution is -2.40. The predicted molar refractivity (Wildman–Crippen MR) is 191 cm³/mol. The fourth-order valence-electron chi connectivity index (χ4n) is 6.14. The van der Waals surface area contributed by atoms with Crippen molar-refractivity contribution < 1.29 is 19.0 Å². The van der Waals surface area contributed by atoms with Crippen LogP contribution in [0.2, 0.25) is 10.0 Å². The van der Waals surface area contributed by atoms with E-state index >= 15 is 0 Å². The number of hydrogen-bond donors (Lipinski definition) is 0. The third-order valence-corrected chi connectivity index (χ3v) is 9.87. The van der Waals surface area contributed by atoms with Crippen LogP contribution < -0.4 is 24.4 Å². The van der Waals surface area contributed by atoms with E-state index in [0.29, 0.717) is 67.5 Å².